The van der Waals surface area contributed by atoms with Gasteiger partial charge in [-0.2, -0.15) is 5.26 Å². The van der Waals surface area contributed by atoms with E-state index in [0.29, 0.717) is 10.1 Å². The zero-order valence-electron chi connectivity index (χ0n) is 10.5. The van der Waals surface area contributed by atoms with Crippen molar-refractivity contribution in [3.8, 4) is 6.07 Å². The molecule has 0 aliphatic rings. The quantitative estimate of drug-likeness (QED) is 0.844. The van der Waals surface area contributed by atoms with E-state index in [1.54, 1.807) is 12.1 Å². The SMILES string of the molecule is N#C[C@@H](NC(=S)Nc1cccc(Cl)c1)c1ccccc1. The van der Waals surface area contributed by atoms with Gasteiger partial charge >= 0.3 is 0 Å². The van der Waals surface area contributed by atoms with Crippen LogP contribution >= 0.6 is 23.8 Å². The van der Waals surface area contributed by atoms with E-state index in [1.165, 1.54) is 0 Å². The van der Waals surface area contributed by atoms with E-state index in [4.69, 9.17) is 23.8 Å². The molecule has 0 fully saturated rings. The van der Waals surface area contributed by atoms with Crippen LogP contribution in [-0.2, 0) is 0 Å². The van der Waals surface area contributed by atoms with Gasteiger partial charge in [-0.3, -0.25) is 0 Å². The Morgan fingerprint density at radius 2 is 1.90 bits per heavy atom. The molecular formula is C15H12ClN3S. The second-order valence-corrected chi connectivity index (χ2v) is 4.93. The van der Waals surface area contributed by atoms with Crippen molar-refractivity contribution in [2.45, 2.75) is 6.04 Å². The summed E-state index contributed by atoms with van der Waals surface area (Å²) in [6.07, 6.45) is 0. The molecule has 0 heterocycles. The monoisotopic (exact) mass is 301 g/mol. The minimum absolute atomic E-state index is 0.377. The lowest BCUT2D eigenvalue weighted by Crippen LogP contribution is -2.31. The van der Waals surface area contributed by atoms with Crippen LogP contribution in [0.5, 0.6) is 0 Å². The Morgan fingerprint density at radius 1 is 1.15 bits per heavy atom. The molecule has 2 aromatic carbocycles. The fraction of sp³-hybridized carbons (Fsp3) is 0.0667. The average Bonchev–Trinajstić information content (AvgIpc) is 2.45. The maximum atomic E-state index is 9.22. The van der Waals surface area contributed by atoms with E-state index in [0.717, 1.165) is 11.3 Å². The van der Waals surface area contributed by atoms with Crippen molar-refractivity contribution in [3.05, 3.63) is 65.2 Å². The van der Waals surface area contributed by atoms with Gasteiger partial charge in [0.2, 0.25) is 0 Å². The number of nitrogens with zero attached hydrogens (tertiary/aromatic N) is 1. The predicted octanol–water partition coefficient (Wildman–Crippen LogP) is 3.89. The molecule has 0 saturated heterocycles. The Balaban J connectivity index is 2.02. The molecular weight excluding hydrogens is 290 g/mol. The molecule has 0 bridgehead atoms. The van der Waals surface area contributed by atoms with Crippen LogP contribution in [-0.4, -0.2) is 5.11 Å². The van der Waals surface area contributed by atoms with Crippen LogP contribution in [0.1, 0.15) is 11.6 Å². The summed E-state index contributed by atoms with van der Waals surface area (Å²) in [4.78, 5) is 0. The molecule has 5 heteroatoms. The molecule has 0 saturated carbocycles. The Hall–Kier alpha value is -2.09. The van der Waals surface area contributed by atoms with E-state index in [1.807, 2.05) is 42.5 Å². The summed E-state index contributed by atoms with van der Waals surface area (Å²) in [5, 5.41) is 16.2. The van der Waals surface area contributed by atoms with Crippen LogP contribution in [0.25, 0.3) is 0 Å². The zero-order chi connectivity index (χ0) is 14.4. The van der Waals surface area contributed by atoms with Crippen molar-refractivity contribution >= 4 is 34.6 Å². The normalized spacial score (nSPS) is 11.2. The van der Waals surface area contributed by atoms with Gasteiger partial charge in [0, 0.05) is 10.7 Å². The molecule has 1 atom stereocenters. The highest BCUT2D eigenvalue weighted by atomic mass is 35.5. The largest absolute Gasteiger partial charge is 0.343 e. The summed E-state index contributed by atoms with van der Waals surface area (Å²) in [5.41, 5.74) is 1.64. The molecule has 3 nitrogen and oxygen atoms in total. The van der Waals surface area contributed by atoms with Gasteiger partial charge in [-0.25, -0.2) is 0 Å². The molecule has 0 aromatic heterocycles. The molecule has 0 radical (unpaired) electrons. The van der Waals surface area contributed by atoms with Gasteiger partial charge in [-0.05, 0) is 36.0 Å². The number of hydrogen-bond donors (Lipinski definition) is 2. The third-order valence-corrected chi connectivity index (χ3v) is 3.07. The Bertz CT molecular complexity index is 637. The maximum Gasteiger partial charge on any atom is 0.172 e. The summed E-state index contributed by atoms with van der Waals surface area (Å²) in [5.74, 6) is 0. The van der Waals surface area contributed by atoms with Crippen molar-refractivity contribution in [1.82, 2.24) is 5.32 Å². The van der Waals surface area contributed by atoms with Crippen molar-refractivity contribution in [2.24, 2.45) is 0 Å². The lowest BCUT2D eigenvalue weighted by Gasteiger charge is -2.15. The van der Waals surface area contributed by atoms with Gasteiger partial charge < -0.3 is 10.6 Å². The predicted molar refractivity (Wildman–Crippen MR) is 85.6 cm³/mol. The van der Waals surface area contributed by atoms with Gasteiger partial charge in [-0.1, -0.05) is 48.0 Å². The first kappa shape index (κ1) is 14.3. The van der Waals surface area contributed by atoms with Crippen molar-refractivity contribution < 1.29 is 0 Å². The molecule has 0 amide bonds. The molecule has 2 N–H and O–H groups in total. The molecule has 0 spiro atoms. The minimum atomic E-state index is -0.490. The van der Waals surface area contributed by atoms with Crippen molar-refractivity contribution in [1.29, 1.82) is 5.26 Å². The van der Waals surface area contributed by atoms with Gasteiger partial charge in [0.1, 0.15) is 6.04 Å². The van der Waals surface area contributed by atoms with Gasteiger partial charge in [-0.15, -0.1) is 0 Å². The fourth-order valence-electron chi connectivity index (χ4n) is 1.70. The Morgan fingerprint density at radius 3 is 2.55 bits per heavy atom. The number of thiocarbonyl (C=S) groups is 1. The smallest absolute Gasteiger partial charge is 0.172 e. The van der Waals surface area contributed by atoms with E-state index in [9.17, 15) is 5.26 Å². The number of anilines is 1. The highest BCUT2D eigenvalue weighted by Gasteiger charge is 2.11. The van der Waals surface area contributed by atoms with Crippen LogP contribution < -0.4 is 10.6 Å². The first-order valence-corrected chi connectivity index (χ1v) is 6.75. The molecule has 0 aliphatic carbocycles. The average molecular weight is 302 g/mol. The van der Waals surface area contributed by atoms with Crippen LogP contribution in [0.3, 0.4) is 0 Å². The van der Waals surface area contributed by atoms with Crippen molar-refractivity contribution in [3.63, 3.8) is 0 Å². The lowest BCUT2D eigenvalue weighted by atomic mass is 10.1. The zero-order valence-corrected chi connectivity index (χ0v) is 12.1. The van der Waals surface area contributed by atoms with Crippen LogP contribution in [0.2, 0.25) is 5.02 Å². The Kier molecular flexibility index (Phi) is 4.94. The van der Waals surface area contributed by atoms with Gasteiger partial charge in [0.25, 0.3) is 0 Å². The summed E-state index contributed by atoms with van der Waals surface area (Å²) in [6, 6.07) is 18.3. The van der Waals surface area contributed by atoms with Crippen LogP contribution in [0, 0.1) is 11.3 Å². The topological polar surface area (TPSA) is 47.9 Å². The highest BCUT2D eigenvalue weighted by molar-refractivity contribution is 7.80. The van der Waals surface area contributed by atoms with Crippen LogP contribution in [0.4, 0.5) is 5.69 Å². The third-order valence-electron chi connectivity index (χ3n) is 2.62. The Labute approximate surface area is 128 Å². The van der Waals surface area contributed by atoms with E-state index in [-0.39, 0.29) is 0 Å². The van der Waals surface area contributed by atoms with Crippen LogP contribution in [0.15, 0.2) is 54.6 Å². The number of halogens is 1. The first-order chi connectivity index (χ1) is 9.69. The van der Waals surface area contributed by atoms with Crippen molar-refractivity contribution in [2.75, 3.05) is 5.32 Å². The van der Waals surface area contributed by atoms with Gasteiger partial charge in [0.15, 0.2) is 5.11 Å². The molecule has 2 rings (SSSR count). The molecule has 0 aliphatic heterocycles. The molecule has 100 valence electrons. The summed E-state index contributed by atoms with van der Waals surface area (Å²) in [7, 11) is 0. The van der Waals surface area contributed by atoms with Gasteiger partial charge in [0.05, 0.1) is 6.07 Å². The fourth-order valence-corrected chi connectivity index (χ4v) is 2.13. The summed E-state index contributed by atoms with van der Waals surface area (Å²) < 4.78 is 0. The molecule has 20 heavy (non-hydrogen) atoms. The first-order valence-electron chi connectivity index (χ1n) is 5.96. The second-order valence-electron chi connectivity index (χ2n) is 4.08. The minimum Gasteiger partial charge on any atom is -0.343 e. The number of benzene rings is 2. The highest BCUT2D eigenvalue weighted by Crippen LogP contribution is 2.16. The third kappa shape index (κ3) is 3.95. The molecule has 2 aromatic rings. The number of nitrogens with one attached hydrogen (secondary N) is 2. The van der Waals surface area contributed by atoms with E-state index < -0.39 is 6.04 Å². The van der Waals surface area contributed by atoms with E-state index in [2.05, 4.69) is 16.7 Å². The maximum absolute atomic E-state index is 9.22. The summed E-state index contributed by atoms with van der Waals surface area (Å²) >= 11 is 11.1. The number of hydrogen-bond acceptors (Lipinski definition) is 2. The number of nitriles is 1. The standard InChI is InChI=1S/C15H12ClN3S/c16-12-7-4-8-13(9-12)18-15(20)19-14(10-17)11-5-2-1-3-6-11/h1-9,14H,(H2,18,19,20)/t14-/m1/s1. The number of rotatable bonds is 3. The molecule has 0 unspecified atom stereocenters. The van der Waals surface area contributed by atoms with E-state index >= 15 is 0 Å². The summed E-state index contributed by atoms with van der Waals surface area (Å²) in [6.45, 7) is 0. The lowest BCUT2D eigenvalue weighted by molar-refractivity contribution is 0.812. The second kappa shape index (κ2) is 6.90.